The van der Waals surface area contributed by atoms with Gasteiger partial charge in [-0.25, -0.2) is 24.7 Å². The number of amides is 2. The van der Waals surface area contributed by atoms with Crippen LogP contribution < -0.4 is 20.4 Å². The Bertz CT molecular complexity index is 1170. The third-order valence-electron chi connectivity index (χ3n) is 6.34. The minimum absolute atomic E-state index is 0.226. The van der Waals surface area contributed by atoms with Crippen LogP contribution in [0.1, 0.15) is 31.5 Å². The lowest BCUT2D eigenvalue weighted by Crippen LogP contribution is -2.37. The molecule has 35 heavy (non-hydrogen) atoms. The van der Waals surface area contributed by atoms with E-state index in [1.54, 1.807) is 12.4 Å². The molecule has 0 spiro atoms. The number of aromatic nitrogens is 4. The zero-order valence-corrected chi connectivity index (χ0v) is 20.1. The first-order valence-corrected chi connectivity index (χ1v) is 12.1. The van der Waals surface area contributed by atoms with E-state index in [0.29, 0.717) is 49.9 Å². The molecular weight excluding hydrogens is 444 g/mol. The van der Waals surface area contributed by atoms with Crippen LogP contribution in [-0.4, -0.2) is 58.4 Å². The van der Waals surface area contributed by atoms with Crippen molar-refractivity contribution in [1.82, 2.24) is 25.3 Å². The molecule has 0 radical (unpaired) electrons. The molecule has 0 aliphatic carbocycles. The van der Waals surface area contributed by atoms with Crippen LogP contribution in [0.25, 0.3) is 11.4 Å². The van der Waals surface area contributed by atoms with Crippen molar-refractivity contribution < 1.29 is 9.53 Å². The lowest BCUT2D eigenvalue weighted by molar-refractivity contribution is 0.193. The van der Waals surface area contributed by atoms with Gasteiger partial charge in [0.15, 0.2) is 5.82 Å². The highest BCUT2D eigenvalue weighted by Crippen LogP contribution is 2.33. The molecule has 2 amide bonds. The Hall–Kier alpha value is -3.79. The number of anilines is 3. The summed E-state index contributed by atoms with van der Waals surface area (Å²) in [5.41, 5.74) is 3.75. The van der Waals surface area contributed by atoms with Gasteiger partial charge in [-0.05, 0) is 50.1 Å². The second-order valence-electron chi connectivity index (χ2n) is 8.61. The molecule has 182 valence electrons. The summed E-state index contributed by atoms with van der Waals surface area (Å²) in [5.74, 6) is 2.31. The van der Waals surface area contributed by atoms with Crippen LogP contribution in [0.2, 0.25) is 0 Å². The summed E-state index contributed by atoms with van der Waals surface area (Å²) in [6.07, 6.45) is 5.32. The molecule has 10 heteroatoms. The Morgan fingerprint density at radius 3 is 2.69 bits per heavy atom. The van der Waals surface area contributed by atoms with Crippen LogP contribution in [0.5, 0.6) is 0 Å². The fraction of sp³-hybridized carbons (Fsp3) is 0.400. The van der Waals surface area contributed by atoms with Crippen molar-refractivity contribution in [3.05, 3.63) is 54.0 Å². The molecule has 1 unspecified atom stereocenters. The highest BCUT2D eigenvalue weighted by atomic mass is 16.5. The first kappa shape index (κ1) is 23.0. The van der Waals surface area contributed by atoms with E-state index in [1.165, 1.54) is 5.56 Å². The second kappa shape index (κ2) is 10.2. The first-order chi connectivity index (χ1) is 17.2. The molecule has 2 aromatic heterocycles. The molecule has 1 atom stereocenters. The number of nitrogens with one attached hydrogen (secondary N) is 2. The van der Waals surface area contributed by atoms with Crippen molar-refractivity contribution in [1.29, 1.82) is 0 Å². The van der Waals surface area contributed by atoms with Crippen molar-refractivity contribution in [2.75, 3.05) is 41.5 Å². The maximum atomic E-state index is 11.8. The zero-order chi connectivity index (χ0) is 24.2. The molecule has 10 nitrogen and oxygen atoms in total. The van der Waals surface area contributed by atoms with E-state index >= 15 is 0 Å². The van der Waals surface area contributed by atoms with Gasteiger partial charge in [-0.1, -0.05) is 6.92 Å². The summed E-state index contributed by atoms with van der Waals surface area (Å²) in [5, 5.41) is 5.56. The number of nitrogens with zero attached hydrogens (tertiary/aromatic N) is 6. The van der Waals surface area contributed by atoms with Gasteiger partial charge in [0.1, 0.15) is 12.5 Å². The fourth-order valence-corrected chi connectivity index (χ4v) is 4.50. The largest absolute Gasteiger partial charge is 0.359 e. The molecule has 0 bridgehead atoms. The highest BCUT2D eigenvalue weighted by Gasteiger charge is 2.31. The van der Waals surface area contributed by atoms with Gasteiger partial charge in [-0.3, -0.25) is 0 Å². The molecule has 2 aliphatic rings. The van der Waals surface area contributed by atoms with E-state index in [0.717, 1.165) is 36.5 Å². The zero-order valence-electron chi connectivity index (χ0n) is 20.1. The van der Waals surface area contributed by atoms with Gasteiger partial charge in [0.25, 0.3) is 0 Å². The Balaban J connectivity index is 1.50. The molecule has 2 N–H and O–H groups in total. The lowest BCUT2D eigenvalue weighted by Gasteiger charge is -2.32. The Morgan fingerprint density at radius 2 is 1.94 bits per heavy atom. The second-order valence-corrected chi connectivity index (χ2v) is 8.61. The molecule has 0 saturated carbocycles. The van der Waals surface area contributed by atoms with Gasteiger partial charge in [0.05, 0.1) is 24.9 Å². The molecule has 4 heterocycles. The average Bonchev–Trinajstić information content (AvgIpc) is 3.37. The molecule has 1 saturated heterocycles. The monoisotopic (exact) mass is 474 g/mol. The van der Waals surface area contributed by atoms with Crippen molar-refractivity contribution in [3.8, 4) is 11.4 Å². The number of hydrogen-bond donors (Lipinski definition) is 2. The quantitative estimate of drug-likeness (QED) is 0.561. The van der Waals surface area contributed by atoms with Crippen LogP contribution in [0.4, 0.5) is 22.2 Å². The number of benzene rings is 1. The lowest BCUT2D eigenvalue weighted by atomic mass is 10.0. The predicted molar refractivity (Wildman–Crippen MR) is 134 cm³/mol. The van der Waals surface area contributed by atoms with Gasteiger partial charge in [0.2, 0.25) is 5.95 Å². The van der Waals surface area contributed by atoms with Crippen LogP contribution >= 0.6 is 0 Å². The van der Waals surface area contributed by atoms with Crippen molar-refractivity contribution in [2.24, 2.45) is 0 Å². The van der Waals surface area contributed by atoms with Gasteiger partial charge in [-0.15, -0.1) is 0 Å². The summed E-state index contributed by atoms with van der Waals surface area (Å²) < 4.78 is 5.80. The number of carbonyl (C=O) groups is 1. The summed E-state index contributed by atoms with van der Waals surface area (Å²) in [4.78, 5) is 35.2. The fourth-order valence-electron chi connectivity index (χ4n) is 4.50. The van der Waals surface area contributed by atoms with E-state index in [2.05, 4.69) is 37.3 Å². The minimum atomic E-state index is -0.226. The number of fused-ring (bicyclic) bond motifs is 1. The summed E-state index contributed by atoms with van der Waals surface area (Å²) in [7, 11) is 0. The van der Waals surface area contributed by atoms with Crippen LogP contribution in [0, 0.1) is 0 Å². The van der Waals surface area contributed by atoms with E-state index in [4.69, 9.17) is 14.7 Å². The topological polar surface area (TPSA) is 108 Å². The summed E-state index contributed by atoms with van der Waals surface area (Å²) in [6, 6.07) is 9.49. The van der Waals surface area contributed by atoms with E-state index in [1.807, 2.05) is 37.3 Å². The standard InChI is InChI=1S/C25H30N8O2/c1-3-19-15-35-16-33(19)23-20-10-13-32(24-27-11-5-12-28-24)14-21(20)30-22(31-23)17-6-8-18(9-7-17)29-25(34)26-4-2/h5-9,11-12,19H,3-4,10,13-16H2,1-2H3,(H2,26,29,34). The first-order valence-electron chi connectivity index (χ1n) is 12.1. The molecule has 2 aliphatic heterocycles. The number of urea groups is 1. The predicted octanol–water partition coefficient (Wildman–Crippen LogP) is 3.21. The van der Waals surface area contributed by atoms with Crippen molar-refractivity contribution in [2.45, 2.75) is 39.3 Å². The number of hydrogen-bond acceptors (Lipinski definition) is 8. The summed E-state index contributed by atoms with van der Waals surface area (Å²) in [6.45, 7) is 7.28. The third-order valence-corrected chi connectivity index (χ3v) is 6.34. The van der Waals surface area contributed by atoms with Gasteiger partial charge < -0.3 is 25.2 Å². The van der Waals surface area contributed by atoms with Gasteiger partial charge >= 0.3 is 6.03 Å². The van der Waals surface area contributed by atoms with Gasteiger partial charge in [-0.2, -0.15) is 0 Å². The average molecular weight is 475 g/mol. The van der Waals surface area contributed by atoms with Crippen molar-refractivity contribution >= 4 is 23.5 Å². The highest BCUT2D eigenvalue weighted by molar-refractivity contribution is 5.89. The smallest absolute Gasteiger partial charge is 0.319 e. The van der Waals surface area contributed by atoms with Crippen LogP contribution in [-0.2, 0) is 17.7 Å². The minimum Gasteiger partial charge on any atom is -0.359 e. The van der Waals surface area contributed by atoms with Crippen LogP contribution in [0.15, 0.2) is 42.7 Å². The van der Waals surface area contributed by atoms with Crippen LogP contribution in [0.3, 0.4) is 0 Å². The van der Waals surface area contributed by atoms with E-state index < -0.39 is 0 Å². The van der Waals surface area contributed by atoms with Crippen molar-refractivity contribution in [3.63, 3.8) is 0 Å². The number of ether oxygens (including phenoxy) is 1. The molecular formula is C25H30N8O2. The summed E-state index contributed by atoms with van der Waals surface area (Å²) >= 11 is 0. The number of carbonyl (C=O) groups excluding carboxylic acids is 1. The molecule has 5 rings (SSSR count). The Labute approximate surface area is 204 Å². The molecule has 3 aromatic rings. The third kappa shape index (κ3) is 4.88. The molecule has 1 aromatic carbocycles. The normalized spacial score (nSPS) is 17.3. The van der Waals surface area contributed by atoms with E-state index in [-0.39, 0.29) is 6.03 Å². The Morgan fingerprint density at radius 1 is 1.14 bits per heavy atom. The maximum absolute atomic E-state index is 11.8. The molecule has 1 fully saturated rings. The SMILES string of the molecule is CCNC(=O)Nc1ccc(-c2nc3c(c(N4COCC4CC)n2)CCN(c2ncccn2)C3)cc1. The number of rotatable bonds is 6. The maximum Gasteiger partial charge on any atom is 0.319 e. The van der Waals surface area contributed by atoms with E-state index in [9.17, 15) is 4.79 Å². The van der Waals surface area contributed by atoms with Gasteiger partial charge in [0, 0.05) is 42.3 Å². The Kier molecular flexibility index (Phi) is 6.71.